The van der Waals surface area contributed by atoms with Crippen LogP contribution in [0.25, 0.3) is 0 Å². The fraction of sp³-hybridized carbons (Fsp3) is 0.400. The summed E-state index contributed by atoms with van der Waals surface area (Å²) < 4.78 is 32.5. The maximum atomic E-state index is 12.9. The fourth-order valence-corrected chi connectivity index (χ4v) is 4.61. The molecule has 0 unspecified atom stereocenters. The number of sulfonamides is 1. The van der Waals surface area contributed by atoms with Crippen LogP contribution in [0.15, 0.2) is 35.2 Å². The third-order valence-electron chi connectivity index (χ3n) is 4.60. The molecule has 2 rings (SSSR count). The highest BCUT2D eigenvalue weighted by Gasteiger charge is 2.26. The molecule has 0 saturated carbocycles. The summed E-state index contributed by atoms with van der Waals surface area (Å²) in [6, 6.07) is 7.50. The van der Waals surface area contributed by atoms with Gasteiger partial charge in [-0.3, -0.25) is 4.79 Å². The molecule has 0 radical (unpaired) electrons. The molecular weight excluding hydrogens is 424 g/mol. The number of carbonyl (C=O) groups is 1. The molecule has 1 amide bonds. The molecule has 0 fully saturated rings. The number of hydrogen-bond donors (Lipinski definition) is 1. The molecule has 10 nitrogen and oxygen atoms in total. The molecular formula is C20H26N4O6S. The lowest BCUT2D eigenvalue weighted by molar-refractivity contribution is -0.390. The number of aromatic nitrogens is 1. The number of aryl methyl sites for hydroxylation is 2. The zero-order chi connectivity index (χ0) is 23.3. The van der Waals surface area contributed by atoms with Crippen LogP contribution < -0.4 is 10.1 Å². The van der Waals surface area contributed by atoms with Crippen molar-refractivity contribution in [1.29, 1.82) is 0 Å². The highest BCUT2D eigenvalue weighted by Crippen LogP contribution is 2.27. The molecule has 0 saturated heterocycles. The summed E-state index contributed by atoms with van der Waals surface area (Å²) in [5.74, 6) is -1.21. The van der Waals surface area contributed by atoms with Gasteiger partial charge in [0.05, 0.1) is 4.90 Å². The predicted molar refractivity (Wildman–Crippen MR) is 116 cm³/mol. The Morgan fingerprint density at radius 1 is 1.23 bits per heavy atom. The van der Waals surface area contributed by atoms with Gasteiger partial charge in [0.2, 0.25) is 15.8 Å². The number of nitrogens with one attached hydrogen (secondary N) is 1. The zero-order valence-corrected chi connectivity index (χ0v) is 18.9. The van der Waals surface area contributed by atoms with Crippen molar-refractivity contribution >= 4 is 27.4 Å². The summed E-state index contributed by atoms with van der Waals surface area (Å²) >= 11 is 0. The molecule has 0 aliphatic heterocycles. The highest BCUT2D eigenvalue weighted by molar-refractivity contribution is 7.89. The van der Waals surface area contributed by atoms with Crippen molar-refractivity contribution in [2.75, 3.05) is 18.4 Å². The van der Waals surface area contributed by atoms with Gasteiger partial charge in [0.1, 0.15) is 5.69 Å². The zero-order valence-electron chi connectivity index (χ0n) is 18.1. The average Bonchev–Trinajstić information content (AvgIpc) is 2.71. The van der Waals surface area contributed by atoms with Gasteiger partial charge in [0.25, 0.3) is 5.91 Å². The molecule has 0 spiro atoms. The van der Waals surface area contributed by atoms with Gasteiger partial charge in [0, 0.05) is 25.7 Å². The number of nitrogens with zero attached hydrogens (tertiary/aromatic N) is 3. The second kappa shape index (κ2) is 9.84. The third kappa shape index (κ3) is 5.56. The van der Waals surface area contributed by atoms with E-state index in [0.717, 1.165) is 0 Å². The number of nitro groups is 1. The summed E-state index contributed by atoms with van der Waals surface area (Å²) in [4.78, 5) is 27.0. The van der Waals surface area contributed by atoms with Crippen molar-refractivity contribution in [2.45, 2.75) is 45.6 Å². The van der Waals surface area contributed by atoms with Crippen molar-refractivity contribution in [3.8, 4) is 5.75 Å². The van der Waals surface area contributed by atoms with Gasteiger partial charge >= 0.3 is 5.82 Å². The van der Waals surface area contributed by atoms with Crippen LogP contribution in [0.3, 0.4) is 0 Å². The minimum atomic E-state index is -3.71. The van der Waals surface area contributed by atoms with Gasteiger partial charge in [-0.05, 0) is 53.6 Å². The van der Waals surface area contributed by atoms with Crippen LogP contribution in [-0.2, 0) is 14.8 Å². The summed E-state index contributed by atoms with van der Waals surface area (Å²) in [6.07, 6.45) is -1.09. The van der Waals surface area contributed by atoms with E-state index >= 15 is 0 Å². The van der Waals surface area contributed by atoms with Gasteiger partial charge in [-0.1, -0.05) is 19.9 Å². The first-order chi connectivity index (χ1) is 14.5. The fourth-order valence-electron chi connectivity index (χ4n) is 2.90. The van der Waals surface area contributed by atoms with E-state index < -0.39 is 32.8 Å². The Morgan fingerprint density at radius 3 is 2.45 bits per heavy atom. The monoisotopic (exact) mass is 450 g/mol. The topological polar surface area (TPSA) is 132 Å². The molecule has 0 aliphatic carbocycles. The smallest absolute Gasteiger partial charge is 0.406 e. The number of rotatable bonds is 9. The van der Waals surface area contributed by atoms with Crippen molar-refractivity contribution in [1.82, 2.24) is 9.29 Å². The summed E-state index contributed by atoms with van der Waals surface area (Å²) in [5, 5.41) is 13.8. The first kappa shape index (κ1) is 24.2. The Bertz CT molecular complexity index is 1080. The molecule has 11 heteroatoms. The molecule has 1 aromatic heterocycles. The van der Waals surface area contributed by atoms with Crippen LogP contribution in [0.1, 0.15) is 32.0 Å². The maximum Gasteiger partial charge on any atom is 0.406 e. The van der Waals surface area contributed by atoms with Gasteiger partial charge in [0.15, 0.2) is 6.10 Å². The first-order valence-corrected chi connectivity index (χ1v) is 11.2. The Hall–Kier alpha value is -3.05. The number of benzene rings is 1. The van der Waals surface area contributed by atoms with E-state index in [1.807, 2.05) is 0 Å². The molecule has 0 bridgehead atoms. The van der Waals surface area contributed by atoms with E-state index in [1.54, 1.807) is 39.8 Å². The third-order valence-corrected chi connectivity index (χ3v) is 6.80. The summed E-state index contributed by atoms with van der Waals surface area (Å²) in [7, 11) is -3.71. The predicted octanol–water partition coefficient (Wildman–Crippen LogP) is 3.04. The molecule has 1 atom stereocenters. The number of carbonyl (C=O) groups excluding carboxylic acids is 1. The van der Waals surface area contributed by atoms with E-state index in [1.165, 1.54) is 29.4 Å². The number of hydrogen-bond acceptors (Lipinski definition) is 7. The highest BCUT2D eigenvalue weighted by atomic mass is 32.2. The van der Waals surface area contributed by atoms with Crippen LogP contribution in [0.2, 0.25) is 0 Å². The van der Waals surface area contributed by atoms with Gasteiger partial charge in [-0.2, -0.15) is 4.31 Å². The Kier molecular flexibility index (Phi) is 7.69. The maximum absolute atomic E-state index is 12.9. The van der Waals surface area contributed by atoms with E-state index in [-0.39, 0.29) is 16.3 Å². The van der Waals surface area contributed by atoms with E-state index in [4.69, 9.17) is 4.74 Å². The lowest BCUT2D eigenvalue weighted by Crippen LogP contribution is -2.32. The minimum Gasteiger partial charge on any atom is -0.473 e. The number of amides is 1. The average molecular weight is 451 g/mol. The number of ether oxygens (including phenoxy) is 1. The normalized spacial score (nSPS) is 12.5. The Balaban J connectivity index is 2.24. The molecule has 1 N–H and O–H groups in total. The molecule has 1 aromatic carbocycles. The Morgan fingerprint density at radius 2 is 1.87 bits per heavy atom. The van der Waals surface area contributed by atoms with E-state index in [9.17, 15) is 23.3 Å². The first-order valence-electron chi connectivity index (χ1n) is 9.71. The van der Waals surface area contributed by atoms with Crippen molar-refractivity contribution < 1.29 is 22.9 Å². The van der Waals surface area contributed by atoms with Gasteiger partial charge in [-0.25, -0.2) is 8.42 Å². The number of pyridine rings is 1. The van der Waals surface area contributed by atoms with E-state index in [2.05, 4.69) is 10.3 Å². The SMILES string of the molecule is CCN(CC)S(=O)(=O)c1cc(NC(=O)[C@H](C)Oc2ccc(C)nc2[N+](=O)[O-])ccc1C. The van der Waals surface area contributed by atoms with Gasteiger partial charge < -0.3 is 20.2 Å². The van der Waals surface area contributed by atoms with Crippen molar-refractivity contribution in [3.05, 3.63) is 51.7 Å². The van der Waals surface area contributed by atoms with Gasteiger partial charge in [-0.15, -0.1) is 0 Å². The second-order valence-electron chi connectivity index (χ2n) is 6.85. The molecule has 31 heavy (non-hydrogen) atoms. The van der Waals surface area contributed by atoms with Crippen LogP contribution in [0.4, 0.5) is 11.5 Å². The van der Waals surface area contributed by atoms with Crippen molar-refractivity contribution in [3.63, 3.8) is 0 Å². The lowest BCUT2D eigenvalue weighted by atomic mass is 10.2. The Labute approximate surface area is 181 Å². The van der Waals surface area contributed by atoms with Crippen molar-refractivity contribution in [2.24, 2.45) is 0 Å². The van der Waals surface area contributed by atoms with Crippen LogP contribution in [0.5, 0.6) is 5.75 Å². The van der Waals surface area contributed by atoms with E-state index in [0.29, 0.717) is 24.3 Å². The lowest BCUT2D eigenvalue weighted by Gasteiger charge is -2.20. The largest absolute Gasteiger partial charge is 0.473 e. The molecule has 0 aliphatic rings. The quantitative estimate of drug-likeness (QED) is 0.459. The molecule has 1 heterocycles. The second-order valence-corrected chi connectivity index (χ2v) is 8.76. The van der Waals surface area contributed by atoms with Crippen LogP contribution in [0, 0.1) is 24.0 Å². The molecule has 2 aromatic rings. The van der Waals surface area contributed by atoms with Crippen LogP contribution >= 0.6 is 0 Å². The minimum absolute atomic E-state index is 0.0981. The summed E-state index contributed by atoms with van der Waals surface area (Å²) in [5.41, 5.74) is 1.27. The number of anilines is 1. The van der Waals surface area contributed by atoms with Crippen LogP contribution in [-0.4, -0.2) is 47.7 Å². The summed E-state index contributed by atoms with van der Waals surface area (Å²) in [6.45, 7) is 8.86. The molecule has 168 valence electrons. The standard InChI is InChI=1S/C20H26N4O6S/c1-6-23(7-2)31(28,29)18-12-16(10-8-13(18)3)22-20(25)15(5)30-17-11-9-14(4)21-19(17)24(26)27/h8-12,15H,6-7H2,1-5H3,(H,22,25)/t15-/m0/s1.